The summed E-state index contributed by atoms with van der Waals surface area (Å²) >= 11 is 0. The summed E-state index contributed by atoms with van der Waals surface area (Å²) in [6, 6.07) is 2.30. The Morgan fingerprint density at radius 3 is 2.62 bits per heavy atom. The van der Waals surface area contributed by atoms with Crippen LogP contribution in [0.5, 0.6) is 0 Å². The Kier molecular flexibility index (Phi) is 6.36. The van der Waals surface area contributed by atoms with Gasteiger partial charge >= 0.3 is 0 Å². The molecule has 0 bridgehead atoms. The predicted molar refractivity (Wildman–Crippen MR) is 83.0 cm³/mol. The zero-order chi connectivity index (χ0) is 14.7. The Morgan fingerprint density at radius 2 is 2.05 bits per heavy atom. The summed E-state index contributed by atoms with van der Waals surface area (Å²) in [6.45, 7) is 9.58. The Morgan fingerprint density at radius 1 is 1.33 bits per heavy atom. The van der Waals surface area contributed by atoms with E-state index in [9.17, 15) is 4.39 Å². The molecular weight excluding hydrogens is 293 g/mol. The summed E-state index contributed by atoms with van der Waals surface area (Å²) in [5.41, 5.74) is 2.48. The van der Waals surface area contributed by atoms with Gasteiger partial charge in [-0.1, -0.05) is 0 Å². The zero-order valence-corrected chi connectivity index (χ0v) is 13.7. The number of hydrogen-bond donors (Lipinski definition) is 1. The van der Waals surface area contributed by atoms with E-state index in [2.05, 4.69) is 29.4 Å². The van der Waals surface area contributed by atoms with Crippen LogP contribution < -0.4 is 5.32 Å². The van der Waals surface area contributed by atoms with Crippen LogP contribution in [0.4, 0.5) is 4.39 Å². The van der Waals surface area contributed by atoms with Gasteiger partial charge in [-0.2, -0.15) is 14.6 Å². The topological polar surface area (TPSA) is 47.7 Å². The average Bonchev–Trinajstić information content (AvgIpc) is 2.97. The lowest BCUT2D eigenvalue weighted by atomic mass is 10.2. The quantitative estimate of drug-likeness (QED) is 0.891. The highest BCUT2D eigenvalue weighted by molar-refractivity contribution is 5.85. The smallest absolute Gasteiger partial charge is 0.216 e. The number of hydrogen-bond acceptors (Lipinski definition) is 3. The van der Waals surface area contributed by atoms with Crippen molar-refractivity contribution in [3.8, 4) is 0 Å². The molecule has 0 aliphatic rings. The highest BCUT2D eigenvalue weighted by atomic mass is 35.5. The molecule has 2 aromatic rings. The van der Waals surface area contributed by atoms with Crippen LogP contribution in [0.15, 0.2) is 12.3 Å². The third-order valence-electron chi connectivity index (χ3n) is 3.33. The molecule has 0 aliphatic carbocycles. The minimum Gasteiger partial charge on any atom is -0.307 e. The lowest BCUT2D eigenvalue weighted by Crippen LogP contribution is -2.18. The van der Waals surface area contributed by atoms with Gasteiger partial charge in [0, 0.05) is 37.4 Å². The van der Waals surface area contributed by atoms with E-state index < -0.39 is 0 Å². The van der Waals surface area contributed by atoms with Gasteiger partial charge in [-0.15, -0.1) is 12.4 Å². The van der Waals surface area contributed by atoms with Crippen LogP contribution in [0.2, 0.25) is 0 Å². The van der Waals surface area contributed by atoms with Crippen LogP contribution in [0.3, 0.4) is 0 Å². The van der Waals surface area contributed by atoms with Crippen molar-refractivity contribution in [2.75, 3.05) is 0 Å². The van der Waals surface area contributed by atoms with Crippen LogP contribution >= 0.6 is 12.4 Å². The fourth-order valence-electron chi connectivity index (χ4n) is 2.26. The molecule has 0 aromatic carbocycles. The zero-order valence-electron chi connectivity index (χ0n) is 12.9. The molecule has 0 fully saturated rings. The van der Waals surface area contributed by atoms with Crippen LogP contribution in [0.25, 0.3) is 0 Å². The highest BCUT2D eigenvalue weighted by Crippen LogP contribution is 2.13. The van der Waals surface area contributed by atoms with Crippen molar-refractivity contribution >= 4 is 12.4 Å². The van der Waals surface area contributed by atoms with Crippen molar-refractivity contribution in [2.24, 2.45) is 0 Å². The van der Waals surface area contributed by atoms with Crippen LogP contribution in [-0.4, -0.2) is 19.6 Å². The number of nitrogens with zero attached hydrogens (tertiary/aromatic N) is 4. The summed E-state index contributed by atoms with van der Waals surface area (Å²) < 4.78 is 17.4. The highest BCUT2D eigenvalue weighted by Gasteiger charge is 2.14. The summed E-state index contributed by atoms with van der Waals surface area (Å²) in [4.78, 5) is 0. The molecule has 0 atom stereocenters. The second-order valence-corrected chi connectivity index (χ2v) is 5.13. The van der Waals surface area contributed by atoms with Gasteiger partial charge in [0.2, 0.25) is 5.95 Å². The molecule has 0 spiro atoms. The van der Waals surface area contributed by atoms with Crippen LogP contribution in [0.1, 0.15) is 43.8 Å². The van der Waals surface area contributed by atoms with E-state index in [1.54, 1.807) is 6.20 Å². The number of aryl methyl sites for hydroxylation is 2. The van der Waals surface area contributed by atoms with Crippen molar-refractivity contribution in [2.45, 2.75) is 53.4 Å². The van der Waals surface area contributed by atoms with Gasteiger partial charge < -0.3 is 5.32 Å². The second-order valence-electron chi connectivity index (χ2n) is 5.13. The summed E-state index contributed by atoms with van der Waals surface area (Å²) in [5, 5.41) is 11.7. The molecule has 2 heterocycles. The molecule has 0 radical (unpaired) electrons. The second kappa shape index (κ2) is 7.56. The Hall–Kier alpha value is -1.40. The fourth-order valence-corrected chi connectivity index (χ4v) is 2.26. The van der Waals surface area contributed by atoms with Crippen molar-refractivity contribution in [1.82, 2.24) is 24.9 Å². The number of rotatable bonds is 6. The first-order valence-corrected chi connectivity index (χ1v) is 6.99. The molecule has 7 heteroatoms. The normalized spacial score (nSPS) is 11.0. The van der Waals surface area contributed by atoms with E-state index in [1.165, 1.54) is 4.68 Å². The minimum atomic E-state index is -0.241. The monoisotopic (exact) mass is 315 g/mol. The number of nitrogens with one attached hydrogen (secondary N) is 1. The number of aromatic nitrogens is 4. The Bertz CT molecular complexity index is 576. The van der Waals surface area contributed by atoms with Crippen molar-refractivity contribution in [3.05, 3.63) is 35.2 Å². The van der Waals surface area contributed by atoms with Gasteiger partial charge in [0.1, 0.15) is 0 Å². The van der Waals surface area contributed by atoms with Gasteiger partial charge in [0.25, 0.3) is 0 Å². The average molecular weight is 316 g/mol. The standard InChI is InChI=1S/C14H22FN5.ClH/c1-5-19-14(15)13(11(4)18-19)9-16-8-12-6-7-17-20(12)10(2)3;/h6-7,10,16H,5,8-9H2,1-4H3;1H. The molecule has 118 valence electrons. The van der Waals surface area contributed by atoms with Crippen molar-refractivity contribution < 1.29 is 4.39 Å². The van der Waals surface area contributed by atoms with E-state index in [-0.39, 0.29) is 18.4 Å². The maximum absolute atomic E-state index is 14.0. The van der Waals surface area contributed by atoms with Gasteiger partial charge in [-0.3, -0.25) is 4.68 Å². The van der Waals surface area contributed by atoms with E-state index >= 15 is 0 Å². The van der Waals surface area contributed by atoms with Gasteiger partial charge in [-0.25, -0.2) is 4.68 Å². The largest absolute Gasteiger partial charge is 0.307 e. The molecule has 2 rings (SSSR count). The molecule has 0 unspecified atom stereocenters. The Balaban J connectivity index is 0.00000220. The third kappa shape index (κ3) is 3.83. The molecule has 5 nitrogen and oxygen atoms in total. The summed E-state index contributed by atoms with van der Waals surface area (Å²) in [6.07, 6.45) is 1.79. The van der Waals surface area contributed by atoms with E-state index in [4.69, 9.17) is 0 Å². The summed E-state index contributed by atoms with van der Waals surface area (Å²) in [5.74, 6) is -0.241. The molecule has 0 saturated heterocycles. The molecule has 0 amide bonds. The molecule has 0 aliphatic heterocycles. The predicted octanol–water partition coefficient (Wildman–Crippen LogP) is 2.84. The Labute approximate surface area is 130 Å². The lowest BCUT2D eigenvalue weighted by molar-refractivity contribution is 0.457. The molecule has 2 aromatic heterocycles. The molecule has 0 saturated carbocycles. The maximum Gasteiger partial charge on any atom is 0.216 e. The third-order valence-corrected chi connectivity index (χ3v) is 3.33. The number of halogens is 2. The first kappa shape index (κ1) is 17.7. The SMILES string of the molecule is CCn1nc(C)c(CNCc2ccnn2C(C)C)c1F.Cl. The van der Waals surface area contributed by atoms with E-state index in [0.29, 0.717) is 31.2 Å². The fraction of sp³-hybridized carbons (Fsp3) is 0.571. The van der Waals surface area contributed by atoms with Gasteiger partial charge in [0.15, 0.2) is 0 Å². The lowest BCUT2D eigenvalue weighted by Gasteiger charge is -2.11. The first-order valence-electron chi connectivity index (χ1n) is 6.99. The van der Waals surface area contributed by atoms with Gasteiger partial charge in [-0.05, 0) is 33.8 Å². The molecule has 1 N–H and O–H groups in total. The van der Waals surface area contributed by atoms with Crippen LogP contribution in [-0.2, 0) is 19.6 Å². The van der Waals surface area contributed by atoms with Gasteiger partial charge in [0.05, 0.1) is 11.4 Å². The van der Waals surface area contributed by atoms with Crippen molar-refractivity contribution in [3.63, 3.8) is 0 Å². The molecule has 21 heavy (non-hydrogen) atoms. The van der Waals surface area contributed by atoms with Crippen molar-refractivity contribution in [1.29, 1.82) is 0 Å². The van der Waals surface area contributed by atoms with E-state index in [0.717, 1.165) is 11.4 Å². The molecular formula is C14H23ClFN5. The maximum atomic E-state index is 14.0. The summed E-state index contributed by atoms with van der Waals surface area (Å²) in [7, 11) is 0. The minimum absolute atomic E-state index is 0. The van der Waals surface area contributed by atoms with Crippen LogP contribution in [0, 0.1) is 12.9 Å². The van der Waals surface area contributed by atoms with E-state index in [1.807, 2.05) is 24.6 Å². The first-order chi connectivity index (χ1) is 9.54.